The molecule has 1 rings (SSSR count). The lowest BCUT2D eigenvalue weighted by molar-refractivity contribution is 0.0992. The highest BCUT2D eigenvalue weighted by atomic mass is 35.6. The summed E-state index contributed by atoms with van der Waals surface area (Å²) < 4.78 is 15.8. The molecule has 0 aromatic heterocycles. The molecule has 1 aromatic rings. The van der Waals surface area contributed by atoms with Gasteiger partial charge in [0.2, 0.25) is 5.78 Å². The van der Waals surface area contributed by atoms with Gasteiger partial charge in [-0.3, -0.25) is 4.79 Å². The van der Waals surface area contributed by atoms with Gasteiger partial charge in [0, 0.05) is 0 Å². The molecule has 6 heteroatoms. The topological polar surface area (TPSA) is 26.3 Å². The van der Waals surface area contributed by atoms with E-state index < -0.39 is 15.4 Å². The number of hydrogen-bond donors (Lipinski definition) is 0. The van der Waals surface area contributed by atoms with E-state index in [4.69, 9.17) is 39.5 Å². The first-order chi connectivity index (χ1) is 6.88. The minimum absolute atomic E-state index is 0.0995. The van der Waals surface area contributed by atoms with Crippen LogP contribution in [0, 0.1) is 5.82 Å². The molecule has 0 spiro atoms. The molecule has 0 atom stereocenters. The third-order valence-electron chi connectivity index (χ3n) is 1.67. The molecule has 82 valence electrons. The highest BCUT2D eigenvalue weighted by Gasteiger charge is 2.34. The van der Waals surface area contributed by atoms with E-state index in [9.17, 15) is 9.18 Å². The maximum Gasteiger partial charge on any atom is 0.253 e. The second kappa shape index (κ2) is 4.56. The molecular weight excluding hydrogens is 265 g/mol. The van der Waals surface area contributed by atoms with Crippen LogP contribution in [0.3, 0.4) is 0 Å². The number of rotatable bonds is 2. The van der Waals surface area contributed by atoms with Crippen molar-refractivity contribution in [1.29, 1.82) is 0 Å². The standard InChI is InChI=1S/C9H6Cl3FO2/c1-15-7-5(3-2-4-6(7)13)8(14)9(10,11)12/h2-4H,1H3. The van der Waals surface area contributed by atoms with E-state index in [0.29, 0.717) is 0 Å². The van der Waals surface area contributed by atoms with E-state index in [1.165, 1.54) is 19.2 Å². The summed E-state index contributed by atoms with van der Waals surface area (Å²) in [5.74, 6) is -1.74. The molecule has 15 heavy (non-hydrogen) atoms. The minimum Gasteiger partial charge on any atom is -0.493 e. The smallest absolute Gasteiger partial charge is 0.253 e. The van der Waals surface area contributed by atoms with Crippen LogP contribution in [0.2, 0.25) is 0 Å². The molecule has 2 nitrogen and oxygen atoms in total. The Balaban J connectivity index is 3.26. The van der Waals surface area contributed by atoms with Crippen molar-refractivity contribution < 1.29 is 13.9 Å². The number of hydrogen-bond acceptors (Lipinski definition) is 2. The summed E-state index contributed by atoms with van der Waals surface area (Å²) in [7, 11) is 1.23. The van der Waals surface area contributed by atoms with Crippen LogP contribution >= 0.6 is 34.8 Å². The average molecular weight is 272 g/mol. The fourth-order valence-electron chi connectivity index (χ4n) is 1.05. The Morgan fingerprint density at radius 2 is 2.00 bits per heavy atom. The fraction of sp³-hybridized carbons (Fsp3) is 0.222. The molecule has 0 fully saturated rings. The van der Waals surface area contributed by atoms with Gasteiger partial charge < -0.3 is 4.74 Å². The molecule has 0 unspecified atom stereocenters. The molecule has 0 saturated heterocycles. The molecule has 0 radical (unpaired) electrons. The Labute approximate surface area is 101 Å². The number of carbonyl (C=O) groups excluding carboxylic acids is 1. The van der Waals surface area contributed by atoms with Gasteiger partial charge in [0.1, 0.15) is 0 Å². The molecule has 0 aliphatic carbocycles. The van der Waals surface area contributed by atoms with Crippen LogP contribution in [-0.2, 0) is 0 Å². The van der Waals surface area contributed by atoms with Crippen LogP contribution in [0.5, 0.6) is 5.75 Å². The number of Topliss-reactive ketones (excluding diaryl/α,β-unsaturated/α-hetero) is 1. The van der Waals surface area contributed by atoms with Crippen LogP contribution < -0.4 is 4.74 Å². The van der Waals surface area contributed by atoms with Gasteiger partial charge in [-0.15, -0.1) is 0 Å². The van der Waals surface area contributed by atoms with Gasteiger partial charge in [-0.25, -0.2) is 4.39 Å². The highest BCUT2D eigenvalue weighted by molar-refractivity contribution is 6.77. The lowest BCUT2D eigenvalue weighted by Gasteiger charge is -2.12. The minimum atomic E-state index is -2.12. The fourth-order valence-corrected chi connectivity index (χ4v) is 1.35. The lowest BCUT2D eigenvalue weighted by atomic mass is 10.1. The van der Waals surface area contributed by atoms with Gasteiger partial charge in [0.05, 0.1) is 12.7 Å². The summed E-state index contributed by atoms with van der Waals surface area (Å²) in [5, 5.41) is 0. The van der Waals surface area contributed by atoms with Crippen LogP contribution in [0.25, 0.3) is 0 Å². The Morgan fingerprint density at radius 3 is 2.47 bits per heavy atom. The quantitative estimate of drug-likeness (QED) is 0.609. The predicted octanol–water partition coefficient (Wildman–Crippen LogP) is 3.39. The summed E-state index contributed by atoms with van der Waals surface area (Å²) in [4.78, 5) is 11.6. The summed E-state index contributed by atoms with van der Waals surface area (Å²) in [6, 6.07) is 3.81. The van der Waals surface area contributed by atoms with Crippen molar-refractivity contribution >= 4 is 40.6 Å². The molecule has 0 aliphatic rings. The molecular formula is C9H6Cl3FO2. The SMILES string of the molecule is COc1c(F)cccc1C(=O)C(Cl)(Cl)Cl. The third-order valence-corrected chi connectivity index (χ3v) is 2.19. The van der Waals surface area contributed by atoms with Crippen molar-refractivity contribution in [2.75, 3.05) is 7.11 Å². The zero-order chi connectivity index (χ0) is 11.6. The normalized spacial score (nSPS) is 11.3. The number of carbonyl (C=O) groups is 1. The van der Waals surface area contributed by atoms with Crippen molar-refractivity contribution in [2.24, 2.45) is 0 Å². The lowest BCUT2D eigenvalue weighted by Crippen LogP contribution is -2.20. The van der Waals surface area contributed by atoms with E-state index >= 15 is 0 Å². The number of halogens is 4. The first-order valence-electron chi connectivity index (χ1n) is 3.82. The first kappa shape index (κ1) is 12.6. The largest absolute Gasteiger partial charge is 0.493 e. The molecule has 0 saturated carbocycles. The van der Waals surface area contributed by atoms with Gasteiger partial charge in [-0.1, -0.05) is 40.9 Å². The van der Waals surface area contributed by atoms with Crippen molar-refractivity contribution in [3.05, 3.63) is 29.6 Å². The number of ether oxygens (including phenoxy) is 1. The van der Waals surface area contributed by atoms with Crippen molar-refractivity contribution in [1.82, 2.24) is 0 Å². The Morgan fingerprint density at radius 1 is 1.40 bits per heavy atom. The second-order valence-corrected chi connectivity index (χ2v) is 4.93. The Bertz CT molecular complexity index is 387. The first-order valence-corrected chi connectivity index (χ1v) is 4.95. The van der Waals surface area contributed by atoms with Crippen LogP contribution in [-0.4, -0.2) is 16.7 Å². The zero-order valence-electron chi connectivity index (χ0n) is 7.56. The number of methoxy groups -OCH3 is 1. The third kappa shape index (κ3) is 2.74. The van der Waals surface area contributed by atoms with Gasteiger partial charge in [0.25, 0.3) is 3.79 Å². The van der Waals surface area contributed by atoms with Crippen molar-refractivity contribution in [2.45, 2.75) is 3.79 Å². The molecule has 0 bridgehead atoms. The van der Waals surface area contributed by atoms with Crippen LogP contribution in [0.15, 0.2) is 18.2 Å². The van der Waals surface area contributed by atoms with Gasteiger partial charge in [-0.05, 0) is 12.1 Å². The van der Waals surface area contributed by atoms with E-state index in [1.807, 2.05) is 0 Å². The van der Waals surface area contributed by atoms with E-state index in [0.717, 1.165) is 6.07 Å². The number of benzene rings is 1. The molecule has 0 heterocycles. The zero-order valence-corrected chi connectivity index (χ0v) is 9.83. The Kier molecular flexibility index (Phi) is 3.82. The van der Waals surface area contributed by atoms with E-state index in [2.05, 4.69) is 0 Å². The molecule has 0 amide bonds. The average Bonchev–Trinajstić information content (AvgIpc) is 2.14. The number of ketones is 1. The number of para-hydroxylation sites is 1. The maximum absolute atomic E-state index is 13.2. The highest BCUT2D eigenvalue weighted by Crippen LogP contribution is 2.34. The maximum atomic E-state index is 13.2. The second-order valence-electron chi connectivity index (χ2n) is 2.65. The van der Waals surface area contributed by atoms with Crippen molar-refractivity contribution in [3.63, 3.8) is 0 Å². The summed E-state index contributed by atoms with van der Waals surface area (Å²) in [6.07, 6.45) is 0. The summed E-state index contributed by atoms with van der Waals surface area (Å²) in [6.45, 7) is 0. The summed E-state index contributed by atoms with van der Waals surface area (Å²) in [5.41, 5.74) is -0.0995. The molecule has 0 N–H and O–H groups in total. The summed E-state index contributed by atoms with van der Waals surface area (Å²) >= 11 is 16.2. The predicted molar refractivity (Wildman–Crippen MR) is 57.6 cm³/mol. The Hall–Kier alpha value is -0.510. The van der Waals surface area contributed by atoms with E-state index in [1.54, 1.807) is 0 Å². The monoisotopic (exact) mass is 270 g/mol. The van der Waals surface area contributed by atoms with Crippen molar-refractivity contribution in [3.8, 4) is 5.75 Å². The van der Waals surface area contributed by atoms with E-state index in [-0.39, 0.29) is 11.3 Å². The number of alkyl halides is 3. The van der Waals surface area contributed by atoms with Crippen LogP contribution in [0.4, 0.5) is 4.39 Å². The molecule has 1 aromatic carbocycles. The van der Waals surface area contributed by atoms with Gasteiger partial charge in [-0.2, -0.15) is 0 Å². The van der Waals surface area contributed by atoms with Gasteiger partial charge in [0.15, 0.2) is 11.6 Å². The van der Waals surface area contributed by atoms with Crippen LogP contribution in [0.1, 0.15) is 10.4 Å². The van der Waals surface area contributed by atoms with Gasteiger partial charge >= 0.3 is 0 Å². The molecule has 0 aliphatic heterocycles.